The highest BCUT2D eigenvalue weighted by molar-refractivity contribution is 7.21. The minimum Gasteiger partial charge on any atom is -0.200 e. The van der Waals surface area contributed by atoms with Crippen molar-refractivity contribution in [2.45, 2.75) is 6.92 Å². The van der Waals surface area contributed by atoms with Crippen LogP contribution in [-0.2, 0) is 0 Å². The Morgan fingerprint density at radius 3 is 2.14 bits per heavy atom. The Hall–Kier alpha value is -3.64. The van der Waals surface area contributed by atoms with Gasteiger partial charge in [0.1, 0.15) is 5.69 Å². The van der Waals surface area contributed by atoms with E-state index in [2.05, 4.69) is 22.4 Å². The number of benzene rings is 3. The van der Waals surface area contributed by atoms with Crippen molar-refractivity contribution in [2.24, 2.45) is 10.2 Å². The van der Waals surface area contributed by atoms with E-state index in [1.165, 1.54) is 11.3 Å². The van der Waals surface area contributed by atoms with E-state index in [-0.39, 0.29) is 0 Å². The lowest BCUT2D eigenvalue weighted by Crippen LogP contribution is -1.89. The molecule has 0 saturated carbocycles. The van der Waals surface area contributed by atoms with Gasteiger partial charge >= 0.3 is 0 Å². The van der Waals surface area contributed by atoms with Crippen molar-refractivity contribution in [2.75, 3.05) is 0 Å². The lowest BCUT2D eigenvalue weighted by molar-refractivity contribution is 0.987. The van der Waals surface area contributed by atoms with Crippen molar-refractivity contribution in [1.29, 1.82) is 0 Å². The van der Waals surface area contributed by atoms with E-state index in [9.17, 15) is 0 Å². The van der Waals surface area contributed by atoms with Crippen LogP contribution in [0.2, 0.25) is 0 Å². The first-order chi connectivity index (χ1) is 14.3. The number of thiazole rings is 1. The number of azo groups is 1. The molecule has 6 heteroatoms. The monoisotopic (exact) mass is 395 g/mol. The molecule has 0 aliphatic heterocycles. The Morgan fingerprint density at radius 1 is 0.759 bits per heavy atom. The van der Waals surface area contributed by atoms with Gasteiger partial charge in [-0.2, -0.15) is 4.98 Å². The van der Waals surface area contributed by atoms with Crippen molar-refractivity contribution in [3.05, 3.63) is 90.5 Å². The van der Waals surface area contributed by atoms with Gasteiger partial charge in [-0.3, -0.25) is 0 Å². The highest BCUT2D eigenvalue weighted by atomic mass is 32.1. The molecule has 0 spiro atoms. The zero-order chi connectivity index (χ0) is 19.6. The summed E-state index contributed by atoms with van der Waals surface area (Å²) in [6, 6.07) is 28.1. The van der Waals surface area contributed by atoms with Crippen LogP contribution >= 0.6 is 11.3 Å². The van der Waals surface area contributed by atoms with Gasteiger partial charge in [0.05, 0.1) is 5.69 Å². The van der Waals surface area contributed by atoms with Gasteiger partial charge in [0, 0.05) is 11.1 Å². The number of rotatable bonds is 4. The van der Waals surface area contributed by atoms with E-state index in [1.54, 1.807) is 0 Å². The third-order valence-electron chi connectivity index (χ3n) is 4.62. The third-order valence-corrected chi connectivity index (χ3v) is 5.54. The van der Waals surface area contributed by atoms with Gasteiger partial charge in [0.2, 0.25) is 4.96 Å². The molecule has 2 heterocycles. The first kappa shape index (κ1) is 17.5. The van der Waals surface area contributed by atoms with E-state index in [4.69, 9.17) is 10.1 Å². The molecule has 0 radical (unpaired) electrons. The largest absolute Gasteiger partial charge is 0.215 e. The molecule has 3 aromatic carbocycles. The molecule has 0 bridgehead atoms. The molecule has 0 aliphatic carbocycles. The molecule has 5 rings (SSSR count). The Kier molecular flexibility index (Phi) is 4.46. The first-order valence-corrected chi connectivity index (χ1v) is 10.1. The highest BCUT2D eigenvalue weighted by Gasteiger charge is 2.18. The van der Waals surface area contributed by atoms with Gasteiger partial charge in [0.15, 0.2) is 10.8 Å². The summed E-state index contributed by atoms with van der Waals surface area (Å²) in [5.41, 5.74) is 4.86. The second-order valence-electron chi connectivity index (χ2n) is 6.60. The van der Waals surface area contributed by atoms with Crippen LogP contribution in [0.25, 0.3) is 27.6 Å². The minimum absolute atomic E-state index is 0.705. The summed E-state index contributed by atoms with van der Waals surface area (Å²) in [6.45, 7) is 2.03. The zero-order valence-electron chi connectivity index (χ0n) is 15.7. The molecule has 5 nitrogen and oxygen atoms in total. The fourth-order valence-electron chi connectivity index (χ4n) is 3.13. The predicted molar refractivity (Wildman–Crippen MR) is 117 cm³/mol. The van der Waals surface area contributed by atoms with E-state index < -0.39 is 0 Å². The lowest BCUT2D eigenvalue weighted by Gasteiger charge is -2.01. The molecule has 2 aromatic heterocycles. The Balaban J connectivity index is 1.66. The summed E-state index contributed by atoms with van der Waals surface area (Å²) in [7, 11) is 0. The van der Waals surface area contributed by atoms with Crippen LogP contribution in [-0.4, -0.2) is 14.6 Å². The number of nitrogens with zero attached hydrogens (tertiary/aromatic N) is 5. The number of aryl methyl sites for hydroxylation is 1. The number of fused-ring (bicyclic) bond motifs is 1. The molecule has 0 N–H and O–H groups in total. The van der Waals surface area contributed by atoms with E-state index in [0.29, 0.717) is 5.82 Å². The van der Waals surface area contributed by atoms with Crippen molar-refractivity contribution >= 4 is 27.0 Å². The quantitative estimate of drug-likeness (QED) is 0.313. The van der Waals surface area contributed by atoms with Crippen LogP contribution in [0.3, 0.4) is 0 Å². The van der Waals surface area contributed by atoms with Gasteiger partial charge < -0.3 is 0 Å². The maximum atomic E-state index is 4.77. The second-order valence-corrected chi connectivity index (χ2v) is 7.56. The normalized spacial score (nSPS) is 11.5. The second kappa shape index (κ2) is 7.41. The molecule has 0 aliphatic rings. The third kappa shape index (κ3) is 3.34. The summed E-state index contributed by atoms with van der Waals surface area (Å²) < 4.78 is 1.87. The molecule has 140 valence electrons. The summed E-state index contributed by atoms with van der Waals surface area (Å²) in [5, 5.41) is 14.6. The Bertz CT molecular complexity index is 1300. The maximum Gasteiger partial charge on any atom is 0.215 e. The number of aromatic nitrogens is 3. The van der Waals surface area contributed by atoms with Gasteiger partial charge in [-0.25, -0.2) is 4.52 Å². The van der Waals surface area contributed by atoms with Crippen molar-refractivity contribution in [3.8, 4) is 22.6 Å². The fraction of sp³-hybridized carbons (Fsp3) is 0.0435. The maximum absolute atomic E-state index is 4.77. The minimum atomic E-state index is 0.705. The Labute approximate surface area is 172 Å². The summed E-state index contributed by atoms with van der Waals surface area (Å²) >= 11 is 1.49. The van der Waals surface area contributed by atoms with Crippen LogP contribution in [0.4, 0.5) is 10.7 Å². The van der Waals surface area contributed by atoms with Gasteiger partial charge in [-0.05, 0) is 18.6 Å². The molecule has 0 saturated heterocycles. The van der Waals surface area contributed by atoms with Gasteiger partial charge in [-0.15, -0.1) is 15.3 Å². The topological polar surface area (TPSA) is 54.9 Å². The van der Waals surface area contributed by atoms with Crippen molar-refractivity contribution in [1.82, 2.24) is 14.6 Å². The molecular weight excluding hydrogens is 378 g/mol. The number of hydrogen-bond donors (Lipinski definition) is 0. The summed E-state index contributed by atoms with van der Waals surface area (Å²) in [6.07, 6.45) is 0. The molecule has 0 atom stereocenters. The predicted octanol–water partition coefficient (Wildman–Crippen LogP) is 6.85. The summed E-state index contributed by atoms with van der Waals surface area (Å²) in [5.74, 6) is 0.705. The average molecular weight is 395 g/mol. The van der Waals surface area contributed by atoms with Crippen molar-refractivity contribution in [3.63, 3.8) is 0 Å². The van der Waals surface area contributed by atoms with Crippen LogP contribution in [0.1, 0.15) is 5.56 Å². The Morgan fingerprint density at radius 2 is 1.41 bits per heavy atom. The fourth-order valence-corrected chi connectivity index (χ4v) is 4.04. The molecule has 0 unspecified atom stereocenters. The van der Waals surface area contributed by atoms with Gasteiger partial charge in [-0.1, -0.05) is 90.2 Å². The first-order valence-electron chi connectivity index (χ1n) is 9.27. The SMILES string of the molecule is Cc1ccccc1N=Nc1sc2nc(-c3ccccc3)nn2c1-c1ccccc1. The number of hydrogen-bond acceptors (Lipinski definition) is 5. The van der Waals surface area contributed by atoms with Gasteiger partial charge in [0.25, 0.3) is 0 Å². The van der Waals surface area contributed by atoms with Crippen LogP contribution in [0.5, 0.6) is 0 Å². The molecule has 0 fully saturated rings. The molecule has 5 aromatic rings. The van der Waals surface area contributed by atoms with E-state index in [1.807, 2.05) is 84.2 Å². The van der Waals surface area contributed by atoms with Crippen LogP contribution < -0.4 is 0 Å². The standard InChI is InChI=1S/C23H17N5S/c1-16-10-8-9-15-19(16)25-26-22-20(17-11-4-2-5-12-17)28-23(29-22)24-21(27-28)18-13-6-3-7-14-18/h2-15H,1H3. The smallest absolute Gasteiger partial charge is 0.200 e. The molecule has 29 heavy (non-hydrogen) atoms. The zero-order valence-corrected chi connectivity index (χ0v) is 16.5. The van der Waals surface area contributed by atoms with Crippen molar-refractivity contribution < 1.29 is 0 Å². The highest BCUT2D eigenvalue weighted by Crippen LogP contribution is 2.39. The summed E-state index contributed by atoms with van der Waals surface area (Å²) in [4.78, 5) is 5.52. The molecule has 0 amide bonds. The molecular formula is C23H17N5S. The lowest BCUT2D eigenvalue weighted by atomic mass is 10.2. The van der Waals surface area contributed by atoms with Crippen LogP contribution in [0, 0.1) is 6.92 Å². The average Bonchev–Trinajstić information content (AvgIpc) is 3.32. The van der Waals surface area contributed by atoms with Crippen LogP contribution in [0.15, 0.2) is 95.2 Å². The van der Waals surface area contributed by atoms with E-state index >= 15 is 0 Å². The van der Waals surface area contributed by atoms with E-state index in [0.717, 1.165) is 38.0 Å².